The largest absolute Gasteiger partial charge is 0.377 e. The van der Waals surface area contributed by atoms with E-state index in [0.717, 1.165) is 19.4 Å². The van der Waals surface area contributed by atoms with Gasteiger partial charge in [-0.15, -0.1) is 11.3 Å². The van der Waals surface area contributed by atoms with Crippen LogP contribution in [0.1, 0.15) is 45.2 Å². The summed E-state index contributed by atoms with van der Waals surface area (Å²) in [6.07, 6.45) is 2.10. The zero-order chi connectivity index (χ0) is 14.6. The lowest BCUT2D eigenvalue weighted by molar-refractivity contribution is -0.0295. The molecule has 1 heterocycles. The van der Waals surface area contributed by atoms with Crippen LogP contribution >= 0.6 is 11.3 Å². The third kappa shape index (κ3) is 2.90. The second-order valence-corrected chi connectivity index (χ2v) is 6.36. The summed E-state index contributed by atoms with van der Waals surface area (Å²) in [6, 6.07) is 8.98. The Labute approximate surface area is 126 Å². The molecule has 2 unspecified atom stereocenters. The molecule has 2 nitrogen and oxygen atoms in total. The van der Waals surface area contributed by atoms with E-state index in [1.807, 2.05) is 18.4 Å². The van der Waals surface area contributed by atoms with Crippen LogP contribution in [0.4, 0.5) is 0 Å². The van der Waals surface area contributed by atoms with Gasteiger partial charge in [-0.3, -0.25) is 0 Å². The van der Waals surface area contributed by atoms with Gasteiger partial charge >= 0.3 is 0 Å². The van der Waals surface area contributed by atoms with Crippen molar-refractivity contribution >= 4 is 21.4 Å². The Morgan fingerprint density at radius 1 is 1.30 bits per heavy atom. The van der Waals surface area contributed by atoms with Gasteiger partial charge in [-0.05, 0) is 48.7 Å². The van der Waals surface area contributed by atoms with E-state index in [2.05, 4.69) is 55.7 Å². The molecule has 0 saturated heterocycles. The predicted molar refractivity (Wildman–Crippen MR) is 88.6 cm³/mol. The number of ether oxygens (including phenoxy) is 1. The van der Waals surface area contributed by atoms with E-state index in [0.29, 0.717) is 0 Å². The summed E-state index contributed by atoms with van der Waals surface area (Å²) in [4.78, 5) is 0. The molecule has 1 aromatic carbocycles. The summed E-state index contributed by atoms with van der Waals surface area (Å²) in [7, 11) is 1.82. The van der Waals surface area contributed by atoms with Gasteiger partial charge in [-0.2, -0.15) is 0 Å². The highest BCUT2D eigenvalue weighted by Gasteiger charge is 2.34. The van der Waals surface area contributed by atoms with Crippen molar-refractivity contribution in [2.45, 2.75) is 45.3 Å². The van der Waals surface area contributed by atoms with Gasteiger partial charge in [0.2, 0.25) is 0 Å². The minimum atomic E-state index is -0.187. The topological polar surface area (TPSA) is 21.3 Å². The van der Waals surface area contributed by atoms with Gasteiger partial charge in [0, 0.05) is 11.8 Å². The minimum Gasteiger partial charge on any atom is -0.377 e. The lowest BCUT2D eigenvalue weighted by Gasteiger charge is -2.37. The average molecular weight is 291 g/mol. The van der Waals surface area contributed by atoms with Crippen LogP contribution in [-0.2, 0) is 4.74 Å². The summed E-state index contributed by atoms with van der Waals surface area (Å²) >= 11 is 1.82. The van der Waals surface area contributed by atoms with Crippen molar-refractivity contribution in [2.24, 2.45) is 0 Å². The Balaban J connectivity index is 2.47. The van der Waals surface area contributed by atoms with E-state index in [1.165, 1.54) is 15.6 Å². The molecular weight excluding hydrogens is 266 g/mol. The molecule has 0 bridgehead atoms. The Morgan fingerprint density at radius 3 is 2.75 bits per heavy atom. The predicted octanol–water partition coefficient (Wildman–Crippen LogP) is 4.76. The molecule has 110 valence electrons. The van der Waals surface area contributed by atoms with Gasteiger partial charge in [0.05, 0.1) is 11.6 Å². The first kappa shape index (κ1) is 15.5. The SMILES string of the molecule is CCCNC(c1cccc2ccsc12)C(C)(CC)OC. The maximum absolute atomic E-state index is 5.87. The number of rotatable bonds is 7. The third-order valence-corrected chi connectivity index (χ3v) is 5.18. The Hall–Kier alpha value is -0.900. The van der Waals surface area contributed by atoms with Crippen LogP contribution in [0, 0.1) is 0 Å². The molecule has 20 heavy (non-hydrogen) atoms. The zero-order valence-electron chi connectivity index (χ0n) is 12.9. The van der Waals surface area contributed by atoms with Gasteiger partial charge in [-0.25, -0.2) is 0 Å². The molecule has 0 spiro atoms. The molecule has 2 atom stereocenters. The quantitative estimate of drug-likeness (QED) is 0.794. The maximum Gasteiger partial charge on any atom is 0.0842 e. The highest BCUT2D eigenvalue weighted by Crippen LogP contribution is 2.37. The summed E-state index contributed by atoms with van der Waals surface area (Å²) in [5, 5.41) is 7.18. The van der Waals surface area contributed by atoms with Crippen LogP contribution < -0.4 is 5.32 Å². The van der Waals surface area contributed by atoms with Crippen molar-refractivity contribution in [3.63, 3.8) is 0 Å². The average Bonchev–Trinajstić information content (AvgIpc) is 2.96. The lowest BCUT2D eigenvalue weighted by atomic mass is 9.87. The standard InChI is InChI=1S/C17H25NOS/c1-5-11-18-16(17(3,6-2)19-4)14-9-7-8-13-10-12-20-15(13)14/h7-10,12,16,18H,5-6,11H2,1-4H3. The fourth-order valence-corrected chi connectivity index (χ4v) is 3.60. The summed E-state index contributed by atoms with van der Waals surface area (Å²) in [5.74, 6) is 0. The van der Waals surface area contributed by atoms with Crippen molar-refractivity contribution < 1.29 is 4.74 Å². The molecule has 2 rings (SSSR count). The van der Waals surface area contributed by atoms with E-state index in [-0.39, 0.29) is 11.6 Å². The van der Waals surface area contributed by atoms with Crippen LogP contribution in [0.2, 0.25) is 0 Å². The molecule has 2 aromatic rings. The van der Waals surface area contributed by atoms with Crippen LogP contribution in [-0.4, -0.2) is 19.3 Å². The highest BCUT2D eigenvalue weighted by molar-refractivity contribution is 7.17. The van der Waals surface area contributed by atoms with Crippen molar-refractivity contribution in [2.75, 3.05) is 13.7 Å². The first-order valence-electron chi connectivity index (χ1n) is 7.41. The third-order valence-electron chi connectivity index (χ3n) is 4.20. The minimum absolute atomic E-state index is 0.187. The van der Waals surface area contributed by atoms with Gasteiger partial charge in [0.25, 0.3) is 0 Å². The molecule has 0 aliphatic rings. The Kier molecular flexibility index (Phi) is 5.19. The molecule has 0 radical (unpaired) electrons. The second-order valence-electron chi connectivity index (χ2n) is 5.44. The molecular formula is C17H25NOS. The molecule has 0 amide bonds. The molecule has 0 fully saturated rings. The van der Waals surface area contributed by atoms with Gasteiger partial charge in [0.1, 0.15) is 0 Å². The van der Waals surface area contributed by atoms with E-state index < -0.39 is 0 Å². The summed E-state index contributed by atoms with van der Waals surface area (Å²) in [5.41, 5.74) is 1.17. The normalized spacial score (nSPS) is 16.2. The van der Waals surface area contributed by atoms with E-state index in [1.54, 1.807) is 0 Å². The number of nitrogens with one attached hydrogen (secondary N) is 1. The van der Waals surface area contributed by atoms with E-state index in [9.17, 15) is 0 Å². The fourth-order valence-electron chi connectivity index (χ4n) is 2.65. The highest BCUT2D eigenvalue weighted by atomic mass is 32.1. The van der Waals surface area contributed by atoms with Crippen LogP contribution in [0.25, 0.3) is 10.1 Å². The smallest absolute Gasteiger partial charge is 0.0842 e. The van der Waals surface area contributed by atoms with Gasteiger partial charge in [-0.1, -0.05) is 32.0 Å². The van der Waals surface area contributed by atoms with Crippen molar-refractivity contribution in [3.05, 3.63) is 35.2 Å². The first-order chi connectivity index (χ1) is 9.66. The Bertz CT molecular complexity index is 545. The molecule has 1 N–H and O–H groups in total. The monoisotopic (exact) mass is 291 g/mol. The van der Waals surface area contributed by atoms with Crippen molar-refractivity contribution in [1.29, 1.82) is 0 Å². The van der Waals surface area contributed by atoms with Crippen LogP contribution in [0.3, 0.4) is 0 Å². The fraction of sp³-hybridized carbons (Fsp3) is 0.529. The molecule has 0 saturated carbocycles. The van der Waals surface area contributed by atoms with Crippen LogP contribution in [0.5, 0.6) is 0 Å². The molecule has 0 aliphatic carbocycles. The van der Waals surface area contributed by atoms with E-state index in [4.69, 9.17) is 4.74 Å². The first-order valence-corrected chi connectivity index (χ1v) is 8.29. The van der Waals surface area contributed by atoms with Crippen LogP contribution in [0.15, 0.2) is 29.6 Å². The molecule has 0 aliphatic heterocycles. The number of hydrogen-bond donors (Lipinski definition) is 1. The molecule has 1 aromatic heterocycles. The summed E-state index contributed by atoms with van der Waals surface area (Å²) in [6.45, 7) is 7.60. The zero-order valence-corrected chi connectivity index (χ0v) is 13.7. The van der Waals surface area contributed by atoms with Crippen molar-refractivity contribution in [1.82, 2.24) is 5.32 Å². The number of methoxy groups -OCH3 is 1. The van der Waals surface area contributed by atoms with Crippen molar-refractivity contribution in [3.8, 4) is 0 Å². The van der Waals surface area contributed by atoms with Gasteiger partial charge < -0.3 is 10.1 Å². The number of benzene rings is 1. The summed E-state index contributed by atoms with van der Waals surface area (Å²) < 4.78 is 7.24. The number of thiophene rings is 1. The number of fused-ring (bicyclic) bond motifs is 1. The lowest BCUT2D eigenvalue weighted by Crippen LogP contribution is -2.43. The van der Waals surface area contributed by atoms with Gasteiger partial charge in [0.15, 0.2) is 0 Å². The molecule has 3 heteroatoms. The number of hydrogen-bond acceptors (Lipinski definition) is 3. The Morgan fingerprint density at radius 2 is 2.10 bits per heavy atom. The van der Waals surface area contributed by atoms with E-state index >= 15 is 0 Å². The maximum atomic E-state index is 5.87. The second kappa shape index (κ2) is 6.70.